The molecule has 0 saturated carbocycles. The van der Waals surface area contributed by atoms with E-state index in [1.165, 1.54) is 11.3 Å². The number of hydrogen-bond acceptors (Lipinski definition) is 2. The number of thiophene rings is 1. The minimum Gasteiger partial charge on any atom is -0.306 e. The van der Waals surface area contributed by atoms with Gasteiger partial charge in [0.05, 0.1) is 9.83 Å². The van der Waals surface area contributed by atoms with Crippen molar-refractivity contribution < 1.29 is 13.2 Å². The van der Waals surface area contributed by atoms with E-state index in [0.29, 0.717) is 12.1 Å². The Hall–Kier alpha value is -0.850. The first-order valence-electron chi connectivity index (χ1n) is 6.16. The largest absolute Gasteiger partial charge is 0.306 e. The van der Waals surface area contributed by atoms with Crippen molar-refractivity contribution in [3.63, 3.8) is 0 Å². The summed E-state index contributed by atoms with van der Waals surface area (Å²) in [6.45, 7) is 2.70. The van der Waals surface area contributed by atoms with Gasteiger partial charge in [-0.15, -0.1) is 11.3 Å². The molecular formula is C14H13BrF3NS. The average molecular weight is 364 g/mol. The fourth-order valence-corrected chi connectivity index (χ4v) is 3.42. The maximum absolute atomic E-state index is 13.4. The van der Waals surface area contributed by atoms with E-state index in [2.05, 4.69) is 21.2 Å². The lowest BCUT2D eigenvalue weighted by atomic mass is 10.0. The number of benzene rings is 1. The van der Waals surface area contributed by atoms with Crippen molar-refractivity contribution in [1.29, 1.82) is 0 Å². The molecule has 0 bridgehead atoms. The molecule has 1 N–H and O–H groups in total. The Morgan fingerprint density at radius 1 is 1.20 bits per heavy atom. The van der Waals surface area contributed by atoms with Crippen LogP contribution in [-0.2, 0) is 0 Å². The van der Waals surface area contributed by atoms with Crippen LogP contribution in [0.4, 0.5) is 13.2 Å². The van der Waals surface area contributed by atoms with Crippen LogP contribution < -0.4 is 5.32 Å². The first kappa shape index (κ1) is 15.5. The van der Waals surface area contributed by atoms with Crippen LogP contribution in [0.3, 0.4) is 0 Å². The number of halogens is 4. The van der Waals surface area contributed by atoms with Gasteiger partial charge in [-0.1, -0.05) is 6.92 Å². The van der Waals surface area contributed by atoms with Gasteiger partial charge in [0.15, 0.2) is 17.5 Å². The maximum Gasteiger partial charge on any atom is 0.194 e. The molecule has 0 spiro atoms. The Balaban J connectivity index is 2.40. The predicted octanol–water partition coefficient (Wildman–Crippen LogP) is 5.02. The molecule has 1 atom stereocenters. The molecule has 0 radical (unpaired) electrons. The lowest BCUT2D eigenvalue weighted by Crippen LogP contribution is -2.22. The fourth-order valence-electron chi connectivity index (χ4n) is 1.90. The van der Waals surface area contributed by atoms with Crippen LogP contribution in [0.1, 0.15) is 29.8 Å². The zero-order chi connectivity index (χ0) is 14.7. The highest BCUT2D eigenvalue weighted by Crippen LogP contribution is 2.32. The SMILES string of the molecule is CCCNC(c1cc(F)c(F)c(F)c1)c1ccc(Br)s1. The molecule has 1 unspecified atom stereocenters. The van der Waals surface area contributed by atoms with E-state index in [9.17, 15) is 13.2 Å². The van der Waals surface area contributed by atoms with E-state index in [1.54, 1.807) is 0 Å². The van der Waals surface area contributed by atoms with E-state index in [0.717, 1.165) is 27.2 Å². The minimum atomic E-state index is -1.43. The van der Waals surface area contributed by atoms with Crippen LogP contribution in [0.25, 0.3) is 0 Å². The van der Waals surface area contributed by atoms with Gasteiger partial charge in [0.25, 0.3) is 0 Å². The quantitative estimate of drug-likeness (QED) is 0.735. The monoisotopic (exact) mass is 363 g/mol. The standard InChI is InChI=1S/C14H13BrF3NS/c1-2-5-19-14(11-3-4-12(15)20-11)8-6-9(16)13(18)10(17)7-8/h3-4,6-7,14,19H,2,5H2,1H3. The van der Waals surface area contributed by atoms with E-state index < -0.39 is 17.5 Å². The van der Waals surface area contributed by atoms with Gasteiger partial charge >= 0.3 is 0 Å². The highest BCUT2D eigenvalue weighted by molar-refractivity contribution is 9.11. The summed E-state index contributed by atoms with van der Waals surface area (Å²) in [5.41, 5.74) is 0.379. The van der Waals surface area contributed by atoms with Gasteiger partial charge in [-0.3, -0.25) is 0 Å². The molecule has 0 saturated heterocycles. The zero-order valence-electron chi connectivity index (χ0n) is 10.7. The molecule has 1 aromatic carbocycles. The summed E-state index contributed by atoms with van der Waals surface area (Å²) >= 11 is 4.84. The molecule has 0 amide bonds. The van der Waals surface area contributed by atoms with Crippen LogP contribution in [0, 0.1) is 17.5 Å². The Labute approximate surface area is 128 Å². The first-order valence-corrected chi connectivity index (χ1v) is 7.77. The van der Waals surface area contributed by atoms with E-state index >= 15 is 0 Å². The second-order valence-corrected chi connectivity index (χ2v) is 6.82. The zero-order valence-corrected chi connectivity index (χ0v) is 13.1. The molecule has 2 rings (SSSR count). The number of hydrogen-bond donors (Lipinski definition) is 1. The summed E-state index contributed by atoms with van der Waals surface area (Å²) in [5, 5.41) is 3.22. The molecule has 108 valence electrons. The van der Waals surface area contributed by atoms with Crippen molar-refractivity contribution in [1.82, 2.24) is 5.32 Å². The third-order valence-electron chi connectivity index (χ3n) is 2.82. The van der Waals surface area contributed by atoms with Gasteiger partial charge in [-0.25, -0.2) is 13.2 Å². The second kappa shape index (κ2) is 6.74. The molecule has 20 heavy (non-hydrogen) atoms. The first-order chi connectivity index (χ1) is 9.52. The van der Waals surface area contributed by atoms with E-state index in [1.807, 2.05) is 19.1 Å². The lowest BCUT2D eigenvalue weighted by molar-refractivity contribution is 0.442. The summed E-state index contributed by atoms with van der Waals surface area (Å²) in [7, 11) is 0. The third-order valence-corrected chi connectivity index (χ3v) is 4.50. The summed E-state index contributed by atoms with van der Waals surface area (Å²) < 4.78 is 40.8. The molecule has 0 aliphatic heterocycles. The summed E-state index contributed by atoms with van der Waals surface area (Å²) in [5.74, 6) is -3.77. The summed E-state index contributed by atoms with van der Waals surface area (Å²) in [6.07, 6.45) is 0.884. The molecule has 1 nitrogen and oxygen atoms in total. The smallest absolute Gasteiger partial charge is 0.194 e. The van der Waals surface area contributed by atoms with Crippen molar-refractivity contribution >= 4 is 27.3 Å². The average Bonchev–Trinajstić information content (AvgIpc) is 2.83. The van der Waals surface area contributed by atoms with Crippen molar-refractivity contribution in [3.8, 4) is 0 Å². The van der Waals surface area contributed by atoms with Crippen LogP contribution in [0.2, 0.25) is 0 Å². The molecule has 6 heteroatoms. The van der Waals surface area contributed by atoms with Gasteiger partial charge in [0.2, 0.25) is 0 Å². The second-order valence-electron chi connectivity index (χ2n) is 4.33. The Bertz CT molecular complexity index is 577. The molecule has 0 aliphatic carbocycles. The molecule has 0 fully saturated rings. The van der Waals surface area contributed by atoms with Crippen molar-refractivity contribution in [2.45, 2.75) is 19.4 Å². The van der Waals surface area contributed by atoms with E-state index in [-0.39, 0.29) is 6.04 Å². The van der Waals surface area contributed by atoms with Crippen molar-refractivity contribution in [3.05, 3.63) is 55.9 Å². The molecule has 0 aliphatic rings. The van der Waals surface area contributed by atoms with Crippen molar-refractivity contribution in [2.24, 2.45) is 0 Å². The van der Waals surface area contributed by atoms with Crippen molar-refractivity contribution in [2.75, 3.05) is 6.54 Å². The minimum absolute atomic E-state index is 0.351. The van der Waals surface area contributed by atoms with Gasteiger partial charge in [0, 0.05) is 4.88 Å². The van der Waals surface area contributed by atoms with Gasteiger partial charge in [-0.2, -0.15) is 0 Å². The van der Waals surface area contributed by atoms with Crippen LogP contribution >= 0.6 is 27.3 Å². The van der Waals surface area contributed by atoms with Gasteiger partial charge in [0.1, 0.15) is 0 Å². The predicted molar refractivity (Wildman–Crippen MR) is 78.5 cm³/mol. The fraction of sp³-hybridized carbons (Fsp3) is 0.286. The van der Waals surface area contributed by atoms with E-state index in [4.69, 9.17) is 0 Å². The Kier molecular flexibility index (Phi) is 5.23. The number of rotatable bonds is 5. The molecule has 1 aromatic heterocycles. The lowest BCUT2D eigenvalue weighted by Gasteiger charge is -2.18. The molecular weight excluding hydrogens is 351 g/mol. The number of nitrogens with one attached hydrogen (secondary N) is 1. The summed E-state index contributed by atoms with van der Waals surface area (Å²) in [6, 6.07) is 5.48. The van der Waals surface area contributed by atoms with Gasteiger partial charge < -0.3 is 5.32 Å². The van der Waals surface area contributed by atoms with Gasteiger partial charge in [-0.05, 0) is 58.7 Å². The molecule has 2 aromatic rings. The topological polar surface area (TPSA) is 12.0 Å². The normalized spacial score (nSPS) is 12.7. The summed E-state index contributed by atoms with van der Waals surface area (Å²) in [4.78, 5) is 0.913. The van der Waals surface area contributed by atoms with Crippen LogP contribution in [0.5, 0.6) is 0 Å². The van der Waals surface area contributed by atoms with Crippen LogP contribution in [-0.4, -0.2) is 6.54 Å². The Morgan fingerprint density at radius 3 is 2.35 bits per heavy atom. The van der Waals surface area contributed by atoms with Crippen LogP contribution in [0.15, 0.2) is 28.1 Å². The maximum atomic E-state index is 13.4. The third kappa shape index (κ3) is 3.42. The Morgan fingerprint density at radius 2 is 1.85 bits per heavy atom. The highest BCUT2D eigenvalue weighted by atomic mass is 79.9. The highest BCUT2D eigenvalue weighted by Gasteiger charge is 2.19. The molecule has 1 heterocycles.